The molecular weight excluding hydrogens is 272 g/mol. The van der Waals surface area contributed by atoms with Crippen LogP contribution in [0.3, 0.4) is 0 Å². The van der Waals surface area contributed by atoms with Crippen LogP contribution in [-0.4, -0.2) is 24.5 Å². The maximum Gasteiger partial charge on any atom is 0.340 e. The van der Waals surface area contributed by atoms with Crippen molar-refractivity contribution in [2.75, 3.05) is 0 Å². The van der Waals surface area contributed by atoms with E-state index in [1.165, 1.54) is 6.92 Å². The molecule has 0 aromatic heterocycles. The van der Waals surface area contributed by atoms with Crippen molar-refractivity contribution in [3.63, 3.8) is 0 Å². The van der Waals surface area contributed by atoms with Crippen LogP contribution in [0.2, 0.25) is 19.1 Å². The van der Waals surface area contributed by atoms with Crippen LogP contribution in [0.25, 0.3) is 0 Å². The first-order valence-corrected chi connectivity index (χ1v) is 10.1. The van der Waals surface area contributed by atoms with Gasteiger partial charge in [0, 0.05) is 0 Å². The molecule has 0 aliphatic rings. The van der Waals surface area contributed by atoms with Crippen LogP contribution >= 0.6 is 0 Å². The Labute approximate surface area is 121 Å². The molecule has 1 aromatic carbocycles. The van der Waals surface area contributed by atoms with E-state index >= 15 is 0 Å². The van der Waals surface area contributed by atoms with Crippen molar-refractivity contribution in [3.8, 4) is 5.75 Å². The summed E-state index contributed by atoms with van der Waals surface area (Å²) in [5.41, 5.74) is -1.52. The van der Waals surface area contributed by atoms with Gasteiger partial charge in [0.05, 0.1) is 0 Å². The number of benzene rings is 1. The number of rotatable bonds is 7. The van der Waals surface area contributed by atoms with Gasteiger partial charge in [0.2, 0.25) is 8.32 Å². The number of aliphatic carboxylic acids is 1. The highest BCUT2D eigenvalue weighted by Gasteiger charge is 2.32. The molecule has 0 fully saturated rings. The standard InChI is InChI=1S/C15H24O4Si/c1-5-6-11-20(3,4)19-13-9-7-12(8-10-13)15(2,18)14(16)17/h7-10,18H,5-6,11H2,1-4H3,(H,16,17). The number of carboxylic acids is 1. The van der Waals surface area contributed by atoms with Gasteiger partial charge < -0.3 is 14.6 Å². The summed E-state index contributed by atoms with van der Waals surface area (Å²) in [7, 11) is -1.73. The summed E-state index contributed by atoms with van der Waals surface area (Å²) >= 11 is 0. The highest BCUT2D eigenvalue weighted by atomic mass is 28.4. The molecule has 2 N–H and O–H groups in total. The summed E-state index contributed by atoms with van der Waals surface area (Å²) in [6.07, 6.45) is 2.31. The van der Waals surface area contributed by atoms with E-state index in [1.807, 2.05) is 0 Å². The fraction of sp³-hybridized carbons (Fsp3) is 0.533. The third-order valence-corrected chi connectivity index (χ3v) is 5.71. The molecule has 0 saturated carbocycles. The fourth-order valence-corrected chi connectivity index (χ4v) is 4.02. The molecule has 4 nitrogen and oxygen atoms in total. The molecule has 1 unspecified atom stereocenters. The Morgan fingerprint density at radius 3 is 2.30 bits per heavy atom. The molecule has 1 rings (SSSR count). The predicted molar refractivity (Wildman–Crippen MR) is 81.5 cm³/mol. The van der Waals surface area contributed by atoms with Crippen LogP contribution in [-0.2, 0) is 10.4 Å². The van der Waals surface area contributed by atoms with Gasteiger partial charge in [-0.2, -0.15) is 0 Å². The van der Waals surface area contributed by atoms with Gasteiger partial charge in [-0.05, 0) is 43.8 Å². The molecule has 0 aliphatic carbocycles. The van der Waals surface area contributed by atoms with Crippen molar-refractivity contribution < 1.29 is 19.4 Å². The van der Waals surface area contributed by atoms with Gasteiger partial charge in [0.15, 0.2) is 5.60 Å². The summed E-state index contributed by atoms with van der Waals surface area (Å²) in [6.45, 7) is 7.77. The first kappa shape index (κ1) is 16.7. The minimum Gasteiger partial charge on any atom is -0.544 e. The lowest BCUT2D eigenvalue weighted by Crippen LogP contribution is -2.34. The van der Waals surface area contributed by atoms with Gasteiger partial charge in [-0.3, -0.25) is 0 Å². The second-order valence-corrected chi connectivity index (χ2v) is 10.1. The molecule has 112 valence electrons. The summed E-state index contributed by atoms with van der Waals surface area (Å²) in [5.74, 6) is -0.522. The number of hydrogen-bond donors (Lipinski definition) is 2. The molecule has 0 saturated heterocycles. The quantitative estimate of drug-likeness (QED) is 0.757. The van der Waals surface area contributed by atoms with E-state index < -0.39 is 19.9 Å². The predicted octanol–water partition coefficient (Wildman–Crippen LogP) is 3.36. The average Bonchev–Trinajstić information content (AvgIpc) is 2.36. The molecule has 0 spiro atoms. The Hall–Kier alpha value is -1.33. The van der Waals surface area contributed by atoms with E-state index in [4.69, 9.17) is 9.53 Å². The van der Waals surface area contributed by atoms with E-state index in [-0.39, 0.29) is 0 Å². The second kappa shape index (κ2) is 6.41. The largest absolute Gasteiger partial charge is 0.544 e. The molecule has 20 heavy (non-hydrogen) atoms. The van der Waals surface area contributed by atoms with Gasteiger partial charge in [-0.1, -0.05) is 31.9 Å². The van der Waals surface area contributed by atoms with Crippen molar-refractivity contribution in [1.82, 2.24) is 0 Å². The van der Waals surface area contributed by atoms with Crippen LogP contribution in [0.15, 0.2) is 24.3 Å². The maximum atomic E-state index is 11.0. The van der Waals surface area contributed by atoms with E-state index in [9.17, 15) is 9.90 Å². The Bertz CT molecular complexity index is 451. The molecule has 0 bridgehead atoms. The zero-order valence-electron chi connectivity index (χ0n) is 12.6. The Kier molecular flexibility index (Phi) is 5.36. The SMILES string of the molecule is CCCC[Si](C)(C)Oc1ccc(C(C)(O)C(=O)O)cc1. The molecule has 5 heteroatoms. The van der Waals surface area contributed by atoms with Crippen LogP contribution in [0.1, 0.15) is 32.3 Å². The first-order chi connectivity index (χ1) is 9.19. The second-order valence-electron chi connectivity index (χ2n) is 5.87. The van der Waals surface area contributed by atoms with Crippen LogP contribution in [0.5, 0.6) is 5.75 Å². The summed E-state index contributed by atoms with van der Waals surface area (Å²) in [5, 5.41) is 18.8. The maximum absolute atomic E-state index is 11.0. The van der Waals surface area contributed by atoms with Gasteiger partial charge in [-0.25, -0.2) is 4.79 Å². The lowest BCUT2D eigenvalue weighted by atomic mass is 9.96. The third-order valence-electron chi connectivity index (χ3n) is 3.36. The summed E-state index contributed by atoms with van der Waals surface area (Å²) in [6, 6.07) is 7.76. The number of unbranched alkanes of at least 4 members (excludes halogenated alkanes) is 1. The molecule has 1 aromatic rings. The van der Waals surface area contributed by atoms with Crippen molar-refractivity contribution in [2.24, 2.45) is 0 Å². The molecule has 0 radical (unpaired) electrons. The molecule has 1 atom stereocenters. The number of hydrogen-bond acceptors (Lipinski definition) is 3. The number of carbonyl (C=O) groups is 1. The van der Waals surface area contributed by atoms with Gasteiger partial charge in [0.25, 0.3) is 0 Å². The van der Waals surface area contributed by atoms with Gasteiger partial charge in [0.1, 0.15) is 5.75 Å². The Balaban J connectivity index is 2.79. The van der Waals surface area contributed by atoms with E-state index in [2.05, 4.69) is 20.0 Å². The Morgan fingerprint density at radius 1 is 1.30 bits per heavy atom. The lowest BCUT2D eigenvalue weighted by Gasteiger charge is -2.25. The van der Waals surface area contributed by atoms with Gasteiger partial charge >= 0.3 is 5.97 Å². The minimum atomic E-state index is -1.87. The van der Waals surface area contributed by atoms with Crippen LogP contribution in [0, 0.1) is 0 Å². The van der Waals surface area contributed by atoms with Crippen molar-refractivity contribution in [1.29, 1.82) is 0 Å². The number of carboxylic acid groups (broad SMARTS) is 1. The first-order valence-electron chi connectivity index (χ1n) is 6.94. The van der Waals surface area contributed by atoms with Crippen LogP contribution in [0.4, 0.5) is 0 Å². The summed E-state index contributed by atoms with van der Waals surface area (Å²) < 4.78 is 6.04. The van der Waals surface area contributed by atoms with E-state index in [0.29, 0.717) is 5.56 Å². The van der Waals surface area contributed by atoms with E-state index in [0.717, 1.165) is 24.6 Å². The highest BCUT2D eigenvalue weighted by Crippen LogP contribution is 2.26. The fourth-order valence-electron chi connectivity index (χ4n) is 1.94. The van der Waals surface area contributed by atoms with Crippen molar-refractivity contribution >= 4 is 14.3 Å². The van der Waals surface area contributed by atoms with Gasteiger partial charge in [-0.15, -0.1) is 0 Å². The number of aliphatic hydroxyl groups is 1. The zero-order chi connectivity index (χ0) is 15.4. The van der Waals surface area contributed by atoms with E-state index in [1.54, 1.807) is 24.3 Å². The molecule has 0 heterocycles. The summed E-state index contributed by atoms with van der Waals surface area (Å²) in [4.78, 5) is 11.0. The third kappa shape index (κ3) is 4.35. The molecular formula is C15H24O4Si. The van der Waals surface area contributed by atoms with Crippen molar-refractivity contribution in [3.05, 3.63) is 29.8 Å². The molecule has 0 aliphatic heterocycles. The minimum absolute atomic E-state index is 0.352. The lowest BCUT2D eigenvalue weighted by molar-refractivity contribution is -0.157. The smallest absolute Gasteiger partial charge is 0.340 e. The normalized spacial score (nSPS) is 14.7. The highest BCUT2D eigenvalue weighted by molar-refractivity contribution is 6.71. The monoisotopic (exact) mass is 296 g/mol. The van der Waals surface area contributed by atoms with Crippen molar-refractivity contribution in [2.45, 2.75) is 51.4 Å². The van der Waals surface area contributed by atoms with Crippen LogP contribution < -0.4 is 4.43 Å². The molecule has 0 amide bonds. The average molecular weight is 296 g/mol. The topological polar surface area (TPSA) is 66.8 Å². The zero-order valence-corrected chi connectivity index (χ0v) is 13.6. The Morgan fingerprint density at radius 2 is 1.85 bits per heavy atom.